The molecule has 0 radical (unpaired) electrons. The highest BCUT2D eigenvalue weighted by atomic mass is 16.2. The van der Waals surface area contributed by atoms with Crippen molar-refractivity contribution in [2.45, 2.75) is 5.66 Å². The van der Waals surface area contributed by atoms with E-state index < -0.39 is 5.66 Å². The molecule has 0 fully saturated rings. The van der Waals surface area contributed by atoms with Gasteiger partial charge in [0.25, 0.3) is 11.8 Å². The van der Waals surface area contributed by atoms with Crippen LogP contribution in [-0.4, -0.2) is 30.3 Å². The number of hydrogen-bond acceptors (Lipinski definition) is 3. The van der Waals surface area contributed by atoms with Crippen molar-refractivity contribution >= 4 is 23.2 Å². The van der Waals surface area contributed by atoms with Gasteiger partial charge in [-0.1, -0.05) is 36.4 Å². The first-order chi connectivity index (χ1) is 11.6. The van der Waals surface area contributed by atoms with E-state index in [9.17, 15) is 9.59 Å². The third-order valence-corrected chi connectivity index (χ3v) is 4.70. The second-order valence-corrected chi connectivity index (χ2v) is 5.97. The molecule has 1 atom stereocenters. The van der Waals surface area contributed by atoms with Crippen molar-refractivity contribution in [3.05, 3.63) is 72.3 Å². The topological polar surface area (TPSA) is 52.7 Å². The zero-order valence-corrected chi connectivity index (χ0v) is 13.3. The standard InChI is InChI=1S/C19H17N3O2/c1-3-12-22-17(23)13-8-4-6-10-15(13)20-19(22)14-9-5-7-11-16(14)21(2)18(19)24/h3-11,20H,1,12H2,2H3. The fourth-order valence-corrected chi connectivity index (χ4v) is 3.61. The lowest BCUT2D eigenvalue weighted by Crippen LogP contribution is -2.62. The number of carbonyl (C=O) groups excluding carboxylic acids is 2. The summed E-state index contributed by atoms with van der Waals surface area (Å²) >= 11 is 0. The lowest BCUT2D eigenvalue weighted by molar-refractivity contribution is -0.126. The molecule has 0 aliphatic carbocycles. The molecule has 0 saturated heterocycles. The van der Waals surface area contributed by atoms with Crippen molar-refractivity contribution in [3.8, 4) is 0 Å². The number of hydrogen-bond donors (Lipinski definition) is 1. The Bertz CT molecular complexity index is 876. The van der Waals surface area contributed by atoms with Gasteiger partial charge in [0.05, 0.1) is 11.3 Å². The molecule has 2 aromatic rings. The van der Waals surface area contributed by atoms with Crippen molar-refractivity contribution in [1.82, 2.24) is 4.90 Å². The number of benzene rings is 2. The molecule has 0 saturated carbocycles. The average Bonchev–Trinajstić information content (AvgIpc) is 2.82. The minimum absolute atomic E-state index is 0.173. The van der Waals surface area contributed by atoms with E-state index in [-0.39, 0.29) is 18.4 Å². The molecule has 5 nitrogen and oxygen atoms in total. The van der Waals surface area contributed by atoms with Gasteiger partial charge >= 0.3 is 0 Å². The van der Waals surface area contributed by atoms with Gasteiger partial charge in [-0.05, 0) is 18.2 Å². The van der Waals surface area contributed by atoms with E-state index in [0.717, 1.165) is 11.3 Å². The summed E-state index contributed by atoms with van der Waals surface area (Å²) in [5.41, 5.74) is 1.58. The van der Waals surface area contributed by atoms with E-state index in [1.54, 1.807) is 29.0 Å². The molecule has 1 spiro atoms. The maximum Gasteiger partial charge on any atom is 0.278 e. The summed E-state index contributed by atoms with van der Waals surface area (Å²) in [6, 6.07) is 14.8. The molecule has 120 valence electrons. The molecule has 1 N–H and O–H groups in total. The molecule has 2 heterocycles. The third kappa shape index (κ3) is 1.64. The van der Waals surface area contributed by atoms with Crippen molar-refractivity contribution in [1.29, 1.82) is 0 Å². The van der Waals surface area contributed by atoms with Crippen LogP contribution >= 0.6 is 0 Å². The first kappa shape index (κ1) is 14.5. The number of amides is 2. The predicted octanol–water partition coefficient (Wildman–Crippen LogP) is 2.57. The fourth-order valence-electron chi connectivity index (χ4n) is 3.61. The smallest absolute Gasteiger partial charge is 0.278 e. The second kappa shape index (κ2) is 4.96. The number of nitrogens with one attached hydrogen (secondary N) is 1. The molecule has 2 amide bonds. The van der Waals surface area contributed by atoms with Crippen LogP contribution in [0.1, 0.15) is 15.9 Å². The van der Waals surface area contributed by atoms with Crippen LogP contribution in [0, 0.1) is 0 Å². The molecular weight excluding hydrogens is 302 g/mol. The summed E-state index contributed by atoms with van der Waals surface area (Å²) in [7, 11) is 1.73. The van der Waals surface area contributed by atoms with Crippen LogP contribution in [0.5, 0.6) is 0 Å². The average molecular weight is 319 g/mol. The van der Waals surface area contributed by atoms with Crippen LogP contribution in [0.3, 0.4) is 0 Å². The van der Waals surface area contributed by atoms with E-state index >= 15 is 0 Å². The number of anilines is 2. The Hall–Kier alpha value is -3.08. The van der Waals surface area contributed by atoms with E-state index in [4.69, 9.17) is 0 Å². The molecule has 2 aromatic carbocycles. The summed E-state index contributed by atoms with van der Waals surface area (Å²) in [6.07, 6.45) is 1.64. The zero-order valence-electron chi connectivity index (χ0n) is 13.3. The summed E-state index contributed by atoms with van der Waals surface area (Å²) in [4.78, 5) is 29.5. The van der Waals surface area contributed by atoms with Gasteiger partial charge in [0.1, 0.15) is 0 Å². The Morgan fingerprint density at radius 2 is 1.83 bits per heavy atom. The van der Waals surface area contributed by atoms with Crippen molar-refractivity contribution in [2.24, 2.45) is 0 Å². The molecule has 1 unspecified atom stereocenters. The van der Waals surface area contributed by atoms with Gasteiger partial charge in [-0.15, -0.1) is 6.58 Å². The molecular formula is C19H17N3O2. The third-order valence-electron chi connectivity index (χ3n) is 4.70. The Morgan fingerprint density at radius 3 is 2.62 bits per heavy atom. The monoisotopic (exact) mass is 319 g/mol. The normalized spacial score (nSPS) is 21.5. The first-order valence-corrected chi connectivity index (χ1v) is 7.79. The molecule has 24 heavy (non-hydrogen) atoms. The van der Waals surface area contributed by atoms with Gasteiger partial charge in [0, 0.05) is 24.8 Å². The van der Waals surface area contributed by atoms with Crippen molar-refractivity contribution < 1.29 is 9.59 Å². The Kier molecular flexibility index (Phi) is 3.00. The van der Waals surface area contributed by atoms with Crippen LogP contribution in [0.4, 0.5) is 11.4 Å². The largest absolute Gasteiger partial charge is 0.350 e. The van der Waals surface area contributed by atoms with Crippen LogP contribution in [-0.2, 0) is 10.5 Å². The number of likely N-dealkylation sites (N-methyl/N-ethyl adjacent to an activating group) is 1. The SMILES string of the molecule is C=CCN1C(=O)c2ccccc2NC12C(=O)N(C)c1ccccc12. The first-order valence-electron chi connectivity index (χ1n) is 7.79. The molecule has 0 aromatic heterocycles. The predicted molar refractivity (Wildman–Crippen MR) is 92.8 cm³/mol. The van der Waals surface area contributed by atoms with E-state index in [0.29, 0.717) is 11.3 Å². The van der Waals surface area contributed by atoms with E-state index in [1.165, 1.54) is 0 Å². The number of rotatable bonds is 2. The van der Waals surface area contributed by atoms with Crippen LogP contribution in [0.15, 0.2) is 61.2 Å². The van der Waals surface area contributed by atoms with Crippen LogP contribution < -0.4 is 10.2 Å². The van der Waals surface area contributed by atoms with Gasteiger partial charge in [-0.3, -0.25) is 14.5 Å². The Balaban J connectivity index is 2.01. The van der Waals surface area contributed by atoms with Crippen LogP contribution in [0.2, 0.25) is 0 Å². The molecule has 2 aliphatic heterocycles. The molecule has 5 heteroatoms. The number of nitrogens with zero attached hydrogens (tertiary/aromatic N) is 2. The van der Waals surface area contributed by atoms with Crippen LogP contribution in [0.25, 0.3) is 0 Å². The van der Waals surface area contributed by atoms with E-state index in [2.05, 4.69) is 11.9 Å². The summed E-state index contributed by atoms with van der Waals surface area (Å²) in [5.74, 6) is -0.351. The summed E-state index contributed by atoms with van der Waals surface area (Å²) < 4.78 is 0. The molecule has 2 aliphatic rings. The number of carbonyl (C=O) groups is 2. The van der Waals surface area contributed by atoms with Crippen molar-refractivity contribution in [2.75, 3.05) is 23.8 Å². The van der Waals surface area contributed by atoms with Gasteiger partial charge in [-0.25, -0.2) is 0 Å². The minimum Gasteiger partial charge on any atom is -0.350 e. The van der Waals surface area contributed by atoms with Gasteiger partial charge in [-0.2, -0.15) is 0 Å². The zero-order chi connectivity index (χ0) is 16.9. The molecule has 4 rings (SSSR count). The maximum absolute atomic E-state index is 13.2. The molecule has 0 bridgehead atoms. The van der Waals surface area contributed by atoms with Gasteiger partial charge < -0.3 is 10.2 Å². The highest BCUT2D eigenvalue weighted by molar-refractivity contribution is 6.15. The number of fused-ring (bicyclic) bond motifs is 3. The minimum atomic E-state index is -1.23. The lowest BCUT2D eigenvalue weighted by atomic mass is 9.93. The lowest BCUT2D eigenvalue weighted by Gasteiger charge is -2.44. The summed E-state index contributed by atoms with van der Waals surface area (Å²) in [6.45, 7) is 4.03. The fraction of sp³-hybridized carbons (Fsp3) is 0.158. The second-order valence-electron chi connectivity index (χ2n) is 5.97. The quantitative estimate of drug-likeness (QED) is 0.866. The van der Waals surface area contributed by atoms with Gasteiger partial charge in [0.2, 0.25) is 5.66 Å². The number of para-hydroxylation sites is 2. The van der Waals surface area contributed by atoms with Gasteiger partial charge in [0.15, 0.2) is 0 Å². The van der Waals surface area contributed by atoms with E-state index in [1.807, 2.05) is 42.5 Å². The Labute approximate surface area is 140 Å². The highest BCUT2D eigenvalue weighted by Gasteiger charge is 2.57. The Morgan fingerprint density at radius 1 is 1.12 bits per heavy atom. The van der Waals surface area contributed by atoms with Crippen molar-refractivity contribution in [3.63, 3.8) is 0 Å². The highest BCUT2D eigenvalue weighted by Crippen LogP contribution is 2.47. The summed E-state index contributed by atoms with van der Waals surface area (Å²) in [5, 5.41) is 3.34. The maximum atomic E-state index is 13.2.